The van der Waals surface area contributed by atoms with Crippen LogP contribution < -0.4 is 11.1 Å². The summed E-state index contributed by atoms with van der Waals surface area (Å²) in [5.74, 6) is 4.64. The third-order valence-electron chi connectivity index (χ3n) is 7.41. The number of carbonyl (C=O) groups excluding carboxylic acids is 1. The zero-order chi connectivity index (χ0) is 25.8. The molecule has 0 radical (unpaired) electrons. The molecule has 3 unspecified atom stereocenters. The van der Waals surface area contributed by atoms with Crippen LogP contribution in [0.2, 0.25) is 0 Å². The summed E-state index contributed by atoms with van der Waals surface area (Å²) in [7, 11) is -0.0808. The number of hydrogen-bond donors (Lipinski definition) is 2. The first-order chi connectivity index (χ1) is 17.8. The molecule has 0 saturated carbocycles. The van der Waals surface area contributed by atoms with Crippen molar-refractivity contribution in [2.75, 3.05) is 12.0 Å². The summed E-state index contributed by atoms with van der Waals surface area (Å²) in [6.45, 7) is 4.30. The Bertz CT molecular complexity index is 1590. The molecule has 5 nitrogen and oxygen atoms in total. The highest BCUT2D eigenvalue weighted by atomic mass is 32.2. The minimum Gasteiger partial charge on any atom is -0.384 e. The molecule has 186 valence electrons. The smallest absolute Gasteiger partial charge is 0.251 e. The second-order valence-electron chi connectivity index (χ2n) is 9.83. The molecule has 4 aromatic rings. The first-order valence-corrected chi connectivity index (χ1v) is 14.1. The molecule has 2 aliphatic rings. The highest BCUT2D eigenvalue weighted by Gasteiger charge is 2.43. The molecule has 1 amide bonds. The van der Waals surface area contributed by atoms with Gasteiger partial charge in [0.1, 0.15) is 18.0 Å². The average molecular weight is 508 g/mol. The topological polar surface area (TPSA) is 77.2 Å². The Morgan fingerprint density at radius 1 is 1.00 bits per heavy atom. The van der Waals surface area contributed by atoms with E-state index in [0.29, 0.717) is 17.9 Å². The normalized spacial score (nSPS) is 17.8. The van der Waals surface area contributed by atoms with Crippen molar-refractivity contribution in [2.45, 2.75) is 37.5 Å². The van der Waals surface area contributed by atoms with Crippen LogP contribution in [0, 0.1) is 13.8 Å². The van der Waals surface area contributed by atoms with E-state index in [4.69, 9.17) is 10.5 Å². The first kappa shape index (κ1) is 23.6. The molecule has 1 aromatic heterocycles. The van der Waals surface area contributed by atoms with Gasteiger partial charge in [-0.3, -0.25) is 4.79 Å². The number of rotatable bonds is 5. The van der Waals surface area contributed by atoms with Gasteiger partial charge in [0.2, 0.25) is 0 Å². The average Bonchev–Trinajstić information content (AvgIpc) is 3.44. The van der Waals surface area contributed by atoms with Crippen LogP contribution in [0.15, 0.2) is 71.6 Å². The third kappa shape index (κ3) is 3.97. The van der Waals surface area contributed by atoms with Crippen molar-refractivity contribution in [3.8, 4) is 11.1 Å². The van der Waals surface area contributed by atoms with Gasteiger partial charge in [0.05, 0.1) is 0 Å². The molecule has 0 aliphatic carbocycles. The lowest BCUT2D eigenvalue weighted by atomic mass is 9.84. The predicted molar refractivity (Wildman–Crippen MR) is 151 cm³/mol. The van der Waals surface area contributed by atoms with E-state index < -0.39 is 0 Å². The second-order valence-corrected chi connectivity index (χ2v) is 11.5. The van der Waals surface area contributed by atoms with Gasteiger partial charge in [-0.05, 0) is 94.9 Å². The fourth-order valence-electron chi connectivity index (χ4n) is 5.59. The van der Waals surface area contributed by atoms with Gasteiger partial charge in [0.15, 0.2) is 0 Å². The Balaban J connectivity index is 1.26. The molecule has 3 aromatic carbocycles. The van der Waals surface area contributed by atoms with Crippen LogP contribution in [0.1, 0.15) is 61.6 Å². The zero-order valence-electron chi connectivity index (χ0n) is 21.2. The number of amides is 1. The Kier molecular flexibility index (Phi) is 5.74. The van der Waals surface area contributed by atoms with Gasteiger partial charge in [0.25, 0.3) is 5.91 Å². The van der Waals surface area contributed by atoms with Gasteiger partial charge >= 0.3 is 0 Å². The summed E-state index contributed by atoms with van der Waals surface area (Å²) in [4.78, 5) is 18.6. The molecule has 0 fully saturated rings. The van der Waals surface area contributed by atoms with E-state index in [1.807, 2.05) is 38.1 Å². The van der Waals surface area contributed by atoms with Crippen molar-refractivity contribution >= 4 is 28.1 Å². The fourth-order valence-corrected chi connectivity index (χ4v) is 6.46. The van der Waals surface area contributed by atoms with Gasteiger partial charge < -0.3 is 15.8 Å². The highest BCUT2D eigenvalue weighted by Crippen LogP contribution is 2.55. The summed E-state index contributed by atoms with van der Waals surface area (Å²) >= 11 is 0. The van der Waals surface area contributed by atoms with Gasteiger partial charge in [-0.1, -0.05) is 42.3 Å². The molecule has 3 heterocycles. The van der Waals surface area contributed by atoms with E-state index >= 15 is 0 Å². The highest BCUT2D eigenvalue weighted by molar-refractivity contribution is 8.13. The van der Waals surface area contributed by atoms with Crippen LogP contribution in [-0.2, 0) is 11.3 Å². The minimum absolute atomic E-state index is 0.0808. The fraction of sp³-hybridized carbons (Fsp3) is 0.194. The Morgan fingerprint density at radius 3 is 2.43 bits per heavy atom. The summed E-state index contributed by atoms with van der Waals surface area (Å²) in [6, 6.07) is 22.9. The maximum absolute atomic E-state index is 13.0. The minimum atomic E-state index is -0.147. The van der Waals surface area contributed by atoms with E-state index in [-0.39, 0.29) is 28.6 Å². The number of nitrogen functional groups attached to an aromatic ring is 1. The quantitative estimate of drug-likeness (QED) is 0.321. The SMILES string of the molecule is C=S(C)c1ccccc1-c1ccc2c(c1)C1OC2c2cc(C(=O)NCc3c(C)cc(N)nc3C)ccc21. The van der Waals surface area contributed by atoms with Crippen molar-refractivity contribution in [1.29, 1.82) is 0 Å². The van der Waals surface area contributed by atoms with Gasteiger partial charge in [-0.15, -0.1) is 0 Å². The number of nitrogens with one attached hydrogen (secondary N) is 1. The molecular formula is C31H29N3O2S. The van der Waals surface area contributed by atoms with Crippen LogP contribution in [0.3, 0.4) is 0 Å². The van der Waals surface area contributed by atoms with E-state index in [1.165, 1.54) is 27.1 Å². The maximum atomic E-state index is 13.0. The summed E-state index contributed by atoms with van der Waals surface area (Å²) in [6.07, 6.45) is 1.90. The van der Waals surface area contributed by atoms with Crippen LogP contribution in [0.4, 0.5) is 5.82 Å². The number of ether oxygens (including phenoxy) is 1. The van der Waals surface area contributed by atoms with Crippen molar-refractivity contribution in [3.05, 3.63) is 111 Å². The predicted octanol–water partition coefficient (Wildman–Crippen LogP) is 6.09. The van der Waals surface area contributed by atoms with E-state index in [1.54, 1.807) is 0 Å². The second kappa shape index (κ2) is 8.98. The number of carbonyl (C=O) groups is 1. The molecule has 6 heteroatoms. The summed E-state index contributed by atoms with van der Waals surface area (Å²) in [5, 5.41) is 3.05. The molecule has 0 spiro atoms. The molecule has 3 atom stereocenters. The molecular weight excluding hydrogens is 478 g/mol. The standard InChI is InChI=1S/C31H29N3O2S/c1-17-13-28(32)34-18(2)26(17)16-33-31(35)20-10-12-23-25(15-20)30-22-11-9-19(14-24(22)29(23)36-30)21-7-5-6-8-27(21)37(3)4/h5-15,29-30H,3,16H2,1-2,4H3,(H2,32,34)(H,33,35). The molecule has 3 N–H and O–H groups in total. The van der Waals surface area contributed by atoms with Gasteiger partial charge in [-0.2, -0.15) is 10.5 Å². The van der Waals surface area contributed by atoms with Crippen molar-refractivity contribution in [3.63, 3.8) is 0 Å². The van der Waals surface area contributed by atoms with E-state index in [0.717, 1.165) is 27.9 Å². The van der Waals surface area contributed by atoms with E-state index in [2.05, 4.69) is 64.9 Å². The van der Waals surface area contributed by atoms with E-state index in [9.17, 15) is 4.79 Å². The molecule has 37 heavy (non-hydrogen) atoms. The van der Waals surface area contributed by atoms with Crippen LogP contribution in [0.25, 0.3) is 11.1 Å². The molecule has 0 saturated heterocycles. The van der Waals surface area contributed by atoms with Crippen LogP contribution in [0.5, 0.6) is 0 Å². The number of hydrogen-bond acceptors (Lipinski definition) is 4. The van der Waals surface area contributed by atoms with Crippen molar-refractivity contribution in [1.82, 2.24) is 10.3 Å². The van der Waals surface area contributed by atoms with Gasteiger partial charge in [0, 0.05) is 22.7 Å². The zero-order valence-corrected chi connectivity index (χ0v) is 22.0. The number of aryl methyl sites for hydroxylation is 2. The molecule has 2 bridgehead atoms. The summed E-state index contributed by atoms with van der Waals surface area (Å²) in [5.41, 5.74) is 16.3. The largest absolute Gasteiger partial charge is 0.384 e. The maximum Gasteiger partial charge on any atom is 0.251 e. The lowest BCUT2D eigenvalue weighted by molar-refractivity contribution is 0.0857. The van der Waals surface area contributed by atoms with Crippen LogP contribution in [-0.4, -0.2) is 23.0 Å². The monoisotopic (exact) mass is 507 g/mol. The number of benzene rings is 3. The molecule has 6 rings (SSSR count). The lowest BCUT2D eigenvalue weighted by Gasteiger charge is -2.19. The number of pyridine rings is 1. The van der Waals surface area contributed by atoms with Crippen molar-refractivity contribution < 1.29 is 9.53 Å². The number of nitrogens with two attached hydrogens (primary N) is 1. The first-order valence-electron chi connectivity index (χ1n) is 12.3. The number of nitrogens with zero attached hydrogens (tertiary/aromatic N) is 1. The Labute approximate surface area is 219 Å². The Hall–Kier alpha value is -3.74. The Morgan fingerprint density at radius 2 is 1.70 bits per heavy atom. The number of aromatic nitrogens is 1. The van der Waals surface area contributed by atoms with Crippen LogP contribution >= 0.6 is 10.5 Å². The number of anilines is 1. The lowest BCUT2D eigenvalue weighted by Crippen LogP contribution is -2.24. The number of fused-ring (bicyclic) bond motifs is 8. The third-order valence-corrected chi connectivity index (χ3v) is 8.52. The summed E-state index contributed by atoms with van der Waals surface area (Å²) < 4.78 is 6.43. The molecule has 2 aliphatic heterocycles. The van der Waals surface area contributed by atoms with Gasteiger partial charge in [-0.25, -0.2) is 4.98 Å². The van der Waals surface area contributed by atoms with Crippen molar-refractivity contribution in [2.24, 2.45) is 0 Å².